The SMILES string of the molecule is Cc1ccc(C(=O)N2CCC3(CC2)CO[C@H](CN(C)Cc2cccnc2)C3)cc1F. The van der Waals surface area contributed by atoms with Crippen LogP contribution in [-0.2, 0) is 11.3 Å². The Hall–Kier alpha value is -2.31. The number of aryl methyl sites for hydroxylation is 1. The van der Waals surface area contributed by atoms with E-state index in [1.54, 1.807) is 25.3 Å². The highest BCUT2D eigenvalue weighted by Gasteiger charge is 2.43. The Morgan fingerprint density at radius 1 is 1.33 bits per heavy atom. The quantitative estimate of drug-likeness (QED) is 0.753. The van der Waals surface area contributed by atoms with Crippen molar-refractivity contribution in [2.45, 2.75) is 38.8 Å². The van der Waals surface area contributed by atoms with E-state index in [1.807, 2.05) is 17.2 Å². The van der Waals surface area contributed by atoms with Gasteiger partial charge in [-0.05, 0) is 68.0 Å². The maximum absolute atomic E-state index is 13.8. The second-order valence-corrected chi connectivity index (χ2v) is 8.95. The molecule has 2 aromatic rings. The van der Waals surface area contributed by atoms with Crippen molar-refractivity contribution < 1.29 is 13.9 Å². The molecule has 1 aromatic carbocycles. The highest BCUT2D eigenvalue weighted by atomic mass is 19.1. The lowest BCUT2D eigenvalue weighted by Gasteiger charge is -2.38. The molecule has 2 fully saturated rings. The third kappa shape index (κ3) is 4.71. The van der Waals surface area contributed by atoms with Crippen molar-refractivity contribution in [2.24, 2.45) is 5.41 Å². The summed E-state index contributed by atoms with van der Waals surface area (Å²) in [6, 6.07) is 8.80. The third-order valence-electron chi connectivity index (χ3n) is 6.51. The van der Waals surface area contributed by atoms with E-state index in [1.165, 1.54) is 11.6 Å². The van der Waals surface area contributed by atoms with Gasteiger partial charge in [0.2, 0.25) is 0 Å². The van der Waals surface area contributed by atoms with Crippen LogP contribution in [0.1, 0.15) is 40.7 Å². The van der Waals surface area contributed by atoms with Gasteiger partial charge in [0, 0.05) is 44.1 Å². The van der Waals surface area contributed by atoms with E-state index in [0.29, 0.717) is 24.2 Å². The monoisotopic (exact) mass is 411 g/mol. The summed E-state index contributed by atoms with van der Waals surface area (Å²) >= 11 is 0. The average molecular weight is 412 g/mol. The number of rotatable bonds is 5. The van der Waals surface area contributed by atoms with Crippen LogP contribution >= 0.6 is 0 Å². The number of halogens is 1. The molecule has 0 N–H and O–H groups in total. The van der Waals surface area contributed by atoms with E-state index in [4.69, 9.17) is 4.74 Å². The smallest absolute Gasteiger partial charge is 0.253 e. The fourth-order valence-corrected chi connectivity index (χ4v) is 4.67. The normalized spacial score (nSPS) is 20.8. The van der Waals surface area contributed by atoms with Crippen LogP contribution in [0.15, 0.2) is 42.7 Å². The molecular weight excluding hydrogens is 381 g/mol. The summed E-state index contributed by atoms with van der Waals surface area (Å²) in [5, 5.41) is 0. The number of nitrogens with zero attached hydrogens (tertiary/aromatic N) is 3. The second kappa shape index (κ2) is 8.82. The predicted octanol–water partition coefficient (Wildman–Crippen LogP) is 3.67. The Labute approximate surface area is 177 Å². The Morgan fingerprint density at radius 2 is 2.13 bits per heavy atom. The lowest BCUT2D eigenvalue weighted by molar-refractivity contribution is 0.0457. The number of likely N-dealkylation sites (tertiary alicyclic amines) is 1. The molecule has 2 aliphatic rings. The fourth-order valence-electron chi connectivity index (χ4n) is 4.67. The van der Waals surface area contributed by atoms with E-state index in [0.717, 1.165) is 39.0 Å². The van der Waals surface area contributed by atoms with Crippen LogP contribution in [0, 0.1) is 18.2 Å². The Kier molecular flexibility index (Phi) is 6.16. The number of hydrogen-bond donors (Lipinski definition) is 0. The number of pyridine rings is 1. The summed E-state index contributed by atoms with van der Waals surface area (Å²) in [4.78, 5) is 21.1. The van der Waals surface area contributed by atoms with Crippen molar-refractivity contribution in [3.05, 3.63) is 65.2 Å². The maximum atomic E-state index is 13.8. The molecule has 1 atom stereocenters. The molecule has 0 radical (unpaired) electrons. The minimum Gasteiger partial charge on any atom is -0.376 e. The molecule has 6 heteroatoms. The Morgan fingerprint density at radius 3 is 2.83 bits per heavy atom. The topological polar surface area (TPSA) is 45.7 Å². The van der Waals surface area contributed by atoms with Crippen molar-refractivity contribution in [3.8, 4) is 0 Å². The lowest BCUT2D eigenvalue weighted by atomic mass is 9.76. The van der Waals surface area contributed by atoms with Crippen molar-refractivity contribution in [1.29, 1.82) is 0 Å². The first-order valence-electron chi connectivity index (χ1n) is 10.7. The number of ether oxygens (including phenoxy) is 1. The minimum absolute atomic E-state index is 0.0737. The van der Waals surface area contributed by atoms with Gasteiger partial charge < -0.3 is 9.64 Å². The second-order valence-electron chi connectivity index (χ2n) is 8.95. The average Bonchev–Trinajstić information content (AvgIpc) is 3.12. The van der Waals surface area contributed by atoms with E-state index in [-0.39, 0.29) is 23.2 Å². The summed E-state index contributed by atoms with van der Waals surface area (Å²) in [5.74, 6) is -0.396. The van der Waals surface area contributed by atoms with Crippen LogP contribution in [-0.4, -0.2) is 60.1 Å². The zero-order chi connectivity index (χ0) is 21.1. The molecule has 1 amide bonds. The number of benzene rings is 1. The highest BCUT2D eigenvalue weighted by Crippen LogP contribution is 2.42. The number of hydrogen-bond acceptors (Lipinski definition) is 4. The molecule has 0 saturated carbocycles. The predicted molar refractivity (Wildman–Crippen MR) is 114 cm³/mol. The van der Waals surface area contributed by atoms with Crippen LogP contribution in [0.25, 0.3) is 0 Å². The molecule has 2 aliphatic heterocycles. The van der Waals surface area contributed by atoms with Crippen LogP contribution in [0.2, 0.25) is 0 Å². The first-order chi connectivity index (χ1) is 14.4. The number of likely N-dealkylation sites (N-methyl/N-ethyl adjacent to an activating group) is 1. The molecule has 5 nitrogen and oxygen atoms in total. The molecule has 160 valence electrons. The van der Waals surface area contributed by atoms with Gasteiger partial charge in [0.05, 0.1) is 12.7 Å². The van der Waals surface area contributed by atoms with Gasteiger partial charge in [-0.15, -0.1) is 0 Å². The first kappa shape index (κ1) is 20.9. The maximum Gasteiger partial charge on any atom is 0.253 e. The molecule has 1 aromatic heterocycles. The Bertz CT molecular complexity index is 881. The molecule has 1 spiro atoms. The zero-order valence-electron chi connectivity index (χ0n) is 17.8. The lowest BCUT2D eigenvalue weighted by Crippen LogP contribution is -2.43. The van der Waals surface area contributed by atoms with Crippen molar-refractivity contribution in [2.75, 3.05) is 33.3 Å². The number of aromatic nitrogens is 1. The van der Waals surface area contributed by atoms with Crippen LogP contribution in [0.3, 0.4) is 0 Å². The van der Waals surface area contributed by atoms with Crippen molar-refractivity contribution >= 4 is 5.91 Å². The number of carbonyl (C=O) groups excluding carboxylic acids is 1. The van der Waals surface area contributed by atoms with Crippen LogP contribution in [0.4, 0.5) is 4.39 Å². The molecule has 0 bridgehead atoms. The molecule has 0 unspecified atom stereocenters. The van der Waals surface area contributed by atoms with Crippen molar-refractivity contribution in [3.63, 3.8) is 0 Å². The number of piperidine rings is 1. The van der Waals surface area contributed by atoms with Gasteiger partial charge in [-0.1, -0.05) is 12.1 Å². The molecular formula is C24H30FN3O2. The zero-order valence-corrected chi connectivity index (χ0v) is 17.8. The van der Waals surface area contributed by atoms with Gasteiger partial charge in [0.25, 0.3) is 5.91 Å². The molecule has 30 heavy (non-hydrogen) atoms. The minimum atomic E-state index is -0.322. The summed E-state index contributed by atoms with van der Waals surface area (Å²) in [5.41, 5.74) is 2.36. The van der Waals surface area contributed by atoms with Gasteiger partial charge in [-0.2, -0.15) is 0 Å². The van der Waals surface area contributed by atoms with E-state index in [2.05, 4.69) is 23.0 Å². The van der Waals surface area contributed by atoms with Gasteiger partial charge in [-0.3, -0.25) is 14.7 Å². The third-order valence-corrected chi connectivity index (χ3v) is 6.51. The standard InChI is InChI=1S/C24H30FN3O2/c1-18-5-6-20(12-22(18)25)23(29)28-10-7-24(8-11-28)13-21(30-17-24)16-27(2)15-19-4-3-9-26-14-19/h3-6,9,12,14,21H,7-8,10-11,13,15-17H2,1-2H3/t21-/m0/s1. The Balaban J connectivity index is 1.28. The highest BCUT2D eigenvalue weighted by molar-refractivity contribution is 5.94. The van der Waals surface area contributed by atoms with Gasteiger partial charge in [0.15, 0.2) is 0 Å². The van der Waals surface area contributed by atoms with E-state index >= 15 is 0 Å². The van der Waals surface area contributed by atoms with Gasteiger partial charge >= 0.3 is 0 Å². The van der Waals surface area contributed by atoms with Gasteiger partial charge in [-0.25, -0.2) is 4.39 Å². The summed E-state index contributed by atoms with van der Waals surface area (Å²) in [7, 11) is 2.11. The molecule has 0 aliphatic carbocycles. The number of amides is 1. The van der Waals surface area contributed by atoms with Gasteiger partial charge in [0.1, 0.15) is 5.82 Å². The molecule has 4 rings (SSSR count). The van der Waals surface area contributed by atoms with E-state index < -0.39 is 0 Å². The number of carbonyl (C=O) groups is 1. The summed E-state index contributed by atoms with van der Waals surface area (Å²) in [6.07, 6.45) is 6.83. The summed E-state index contributed by atoms with van der Waals surface area (Å²) in [6.45, 7) is 5.63. The largest absolute Gasteiger partial charge is 0.376 e. The van der Waals surface area contributed by atoms with E-state index in [9.17, 15) is 9.18 Å². The molecule has 2 saturated heterocycles. The molecule has 3 heterocycles. The van der Waals surface area contributed by atoms with Crippen molar-refractivity contribution in [1.82, 2.24) is 14.8 Å². The first-order valence-corrected chi connectivity index (χ1v) is 10.7. The summed E-state index contributed by atoms with van der Waals surface area (Å²) < 4.78 is 20.0. The fraction of sp³-hybridized carbons (Fsp3) is 0.500. The van der Waals surface area contributed by atoms with Crippen LogP contribution in [0.5, 0.6) is 0 Å². The van der Waals surface area contributed by atoms with Crippen LogP contribution < -0.4 is 0 Å².